The maximum absolute atomic E-state index is 11.4. The lowest BCUT2D eigenvalue weighted by Gasteiger charge is -2.34. The summed E-state index contributed by atoms with van der Waals surface area (Å²) < 4.78 is 4.78. The van der Waals surface area contributed by atoms with E-state index >= 15 is 0 Å². The third-order valence-electron chi connectivity index (χ3n) is 3.21. The molecule has 0 spiro atoms. The van der Waals surface area contributed by atoms with Crippen molar-refractivity contribution in [2.75, 3.05) is 25.2 Å². The molecule has 0 aromatic heterocycles. The molecule has 0 radical (unpaired) electrons. The van der Waals surface area contributed by atoms with Crippen LogP contribution in [-0.4, -0.2) is 42.1 Å². The minimum Gasteiger partial charge on any atom is -0.469 e. The second kappa shape index (κ2) is 6.81. The Morgan fingerprint density at radius 2 is 2.22 bits per heavy atom. The van der Waals surface area contributed by atoms with Crippen LogP contribution in [0.25, 0.3) is 0 Å². The van der Waals surface area contributed by atoms with Crippen LogP contribution in [0.4, 0.5) is 0 Å². The highest BCUT2D eigenvalue weighted by Gasteiger charge is 2.25. The van der Waals surface area contributed by atoms with E-state index in [1.165, 1.54) is 12.7 Å². The van der Waals surface area contributed by atoms with E-state index in [1.54, 1.807) is 0 Å². The number of rotatable bonds is 4. The van der Waals surface area contributed by atoms with Gasteiger partial charge in [0.05, 0.1) is 13.5 Å². The van der Waals surface area contributed by atoms with Crippen molar-refractivity contribution in [1.29, 1.82) is 0 Å². The molecule has 1 aliphatic rings. The van der Waals surface area contributed by atoms with Crippen LogP contribution < -0.4 is 0 Å². The minimum atomic E-state index is -0.111. The van der Waals surface area contributed by atoms with Gasteiger partial charge >= 0.3 is 5.97 Å². The third kappa shape index (κ3) is 3.75. The van der Waals surface area contributed by atoms with E-state index in [1.807, 2.05) is 17.8 Å². The Morgan fingerprint density at radius 1 is 1.44 bits per heavy atom. The van der Waals surface area contributed by atoms with Crippen LogP contribution in [0, 0.1) is 0 Å². The Hall–Kier alpha value is -1.00. The van der Waals surface area contributed by atoms with Crippen molar-refractivity contribution in [2.24, 2.45) is 0 Å². The number of nitrogens with zero attached hydrogens (tertiary/aromatic N) is 1. The molecule has 0 N–H and O–H groups in total. The quantitative estimate of drug-likeness (QED) is 0.780. The van der Waals surface area contributed by atoms with Gasteiger partial charge in [0.2, 0.25) is 0 Å². The third-order valence-corrected chi connectivity index (χ3v) is 4.30. The van der Waals surface area contributed by atoms with Gasteiger partial charge in [-0.05, 0) is 5.56 Å². The number of hydrogen-bond donors (Lipinski definition) is 0. The molecule has 1 atom stereocenters. The van der Waals surface area contributed by atoms with Gasteiger partial charge in [0.25, 0.3) is 0 Å². The van der Waals surface area contributed by atoms with Crippen LogP contribution in [0.15, 0.2) is 30.3 Å². The van der Waals surface area contributed by atoms with Crippen molar-refractivity contribution >= 4 is 17.7 Å². The van der Waals surface area contributed by atoms with Gasteiger partial charge in [-0.25, -0.2) is 0 Å². The molecule has 1 aromatic rings. The molecule has 0 aliphatic carbocycles. The lowest BCUT2D eigenvalue weighted by Crippen LogP contribution is -2.43. The molecule has 0 amide bonds. The van der Waals surface area contributed by atoms with Gasteiger partial charge in [0.1, 0.15) is 0 Å². The SMILES string of the molecule is COC(=O)CC1CSCCN1Cc1ccccc1. The zero-order valence-corrected chi connectivity index (χ0v) is 11.5. The molecule has 0 bridgehead atoms. The predicted molar refractivity (Wildman–Crippen MR) is 74.6 cm³/mol. The van der Waals surface area contributed by atoms with Crippen LogP contribution in [-0.2, 0) is 16.1 Å². The first-order valence-electron chi connectivity index (χ1n) is 6.22. The number of carbonyl (C=O) groups is 1. The molecule has 4 heteroatoms. The van der Waals surface area contributed by atoms with Crippen LogP contribution in [0.1, 0.15) is 12.0 Å². The van der Waals surface area contributed by atoms with Crippen LogP contribution in [0.3, 0.4) is 0 Å². The van der Waals surface area contributed by atoms with Gasteiger partial charge < -0.3 is 4.74 Å². The van der Waals surface area contributed by atoms with Crippen LogP contribution in [0.2, 0.25) is 0 Å². The predicted octanol–water partition coefficient (Wildman–Crippen LogP) is 2.17. The summed E-state index contributed by atoms with van der Waals surface area (Å²) in [5.41, 5.74) is 1.30. The summed E-state index contributed by atoms with van der Waals surface area (Å²) in [6.45, 7) is 1.96. The zero-order chi connectivity index (χ0) is 12.8. The molecule has 1 heterocycles. The van der Waals surface area contributed by atoms with Crippen LogP contribution >= 0.6 is 11.8 Å². The summed E-state index contributed by atoms with van der Waals surface area (Å²) in [6.07, 6.45) is 0.496. The molecule has 1 aliphatic heterocycles. The Balaban J connectivity index is 1.97. The molecule has 2 rings (SSSR count). The Kier molecular flexibility index (Phi) is 5.08. The minimum absolute atomic E-state index is 0.111. The first kappa shape index (κ1) is 13.4. The summed E-state index contributed by atoms with van der Waals surface area (Å²) in [7, 11) is 1.46. The highest BCUT2D eigenvalue weighted by atomic mass is 32.2. The average molecular weight is 265 g/mol. The first-order chi connectivity index (χ1) is 8.79. The number of esters is 1. The van der Waals surface area contributed by atoms with E-state index < -0.39 is 0 Å². The van der Waals surface area contributed by atoms with E-state index in [2.05, 4.69) is 29.2 Å². The maximum atomic E-state index is 11.4. The van der Waals surface area contributed by atoms with E-state index in [0.717, 1.165) is 24.6 Å². The largest absolute Gasteiger partial charge is 0.469 e. The molecule has 0 saturated carbocycles. The summed E-state index contributed by atoms with van der Waals surface area (Å²) in [4.78, 5) is 13.8. The fourth-order valence-corrected chi connectivity index (χ4v) is 3.31. The highest BCUT2D eigenvalue weighted by Crippen LogP contribution is 2.21. The maximum Gasteiger partial charge on any atom is 0.307 e. The smallest absolute Gasteiger partial charge is 0.307 e. The lowest BCUT2D eigenvalue weighted by molar-refractivity contribution is -0.141. The van der Waals surface area contributed by atoms with Crippen LogP contribution in [0.5, 0.6) is 0 Å². The van der Waals surface area contributed by atoms with E-state index in [4.69, 9.17) is 4.74 Å². The molecule has 18 heavy (non-hydrogen) atoms. The molecular weight excluding hydrogens is 246 g/mol. The monoisotopic (exact) mass is 265 g/mol. The number of methoxy groups -OCH3 is 1. The summed E-state index contributed by atoms with van der Waals surface area (Å²) >= 11 is 1.92. The molecular formula is C14H19NO2S. The van der Waals surface area contributed by atoms with Crippen molar-refractivity contribution in [3.8, 4) is 0 Å². The van der Waals surface area contributed by atoms with E-state index in [9.17, 15) is 4.79 Å². The molecule has 1 saturated heterocycles. The summed E-state index contributed by atoms with van der Waals surface area (Å²) in [5.74, 6) is 2.05. The number of carbonyl (C=O) groups excluding carboxylic acids is 1. The van der Waals surface area contributed by atoms with Gasteiger partial charge in [-0.3, -0.25) is 9.69 Å². The summed E-state index contributed by atoms with van der Waals surface area (Å²) in [5, 5.41) is 0. The number of ether oxygens (including phenoxy) is 1. The topological polar surface area (TPSA) is 29.5 Å². The second-order valence-corrected chi connectivity index (χ2v) is 5.61. The zero-order valence-electron chi connectivity index (χ0n) is 10.7. The Morgan fingerprint density at radius 3 is 2.94 bits per heavy atom. The molecule has 1 fully saturated rings. The van der Waals surface area contributed by atoms with Gasteiger partial charge in [0, 0.05) is 30.6 Å². The molecule has 1 aromatic carbocycles. The van der Waals surface area contributed by atoms with E-state index in [-0.39, 0.29) is 5.97 Å². The number of thioether (sulfide) groups is 1. The molecule has 98 valence electrons. The normalized spacial score (nSPS) is 20.6. The van der Waals surface area contributed by atoms with Gasteiger partial charge in [-0.15, -0.1) is 0 Å². The molecule has 1 unspecified atom stereocenters. The van der Waals surface area contributed by atoms with Gasteiger partial charge in [-0.2, -0.15) is 11.8 Å². The van der Waals surface area contributed by atoms with Crippen molar-refractivity contribution in [3.63, 3.8) is 0 Å². The average Bonchev–Trinajstić information content (AvgIpc) is 2.42. The van der Waals surface area contributed by atoms with Crippen molar-refractivity contribution in [3.05, 3.63) is 35.9 Å². The fourth-order valence-electron chi connectivity index (χ4n) is 2.18. The number of hydrogen-bond acceptors (Lipinski definition) is 4. The van der Waals surface area contributed by atoms with Crippen molar-refractivity contribution in [1.82, 2.24) is 4.90 Å². The van der Waals surface area contributed by atoms with Crippen molar-refractivity contribution in [2.45, 2.75) is 19.0 Å². The van der Waals surface area contributed by atoms with Gasteiger partial charge in [0.15, 0.2) is 0 Å². The first-order valence-corrected chi connectivity index (χ1v) is 7.37. The summed E-state index contributed by atoms with van der Waals surface area (Å²) in [6, 6.07) is 10.7. The Labute approximate surface area is 113 Å². The number of benzene rings is 1. The van der Waals surface area contributed by atoms with Gasteiger partial charge in [-0.1, -0.05) is 30.3 Å². The Bertz CT molecular complexity index is 383. The molecule has 3 nitrogen and oxygen atoms in total. The van der Waals surface area contributed by atoms with Crippen molar-refractivity contribution < 1.29 is 9.53 Å². The standard InChI is InChI=1S/C14H19NO2S/c1-17-14(16)9-13-11-18-8-7-15(13)10-12-5-3-2-4-6-12/h2-6,13H,7-11H2,1H3. The fraction of sp³-hybridized carbons (Fsp3) is 0.500. The van der Waals surface area contributed by atoms with E-state index in [0.29, 0.717) is 12.5 Å². The lowest BCUT2D eigenvalue weighted by atomic mass is 10.1. The second-order valence-electron chi connectivity index (χ2n) is 4.47. The highest BCUT2D eigenvalue weighted by molar-refractivity contribution is 7.99.